The van der Waals surface area contributed by atoms with Crippen LogP contribution in [0.15, 0.2) is 24.5 Å². The van der Waals surface area contributed by atoms with Crippen molar-refractivity contribution in [2.75, 3.05) is 0 Å². The van der Waals surface area contributed by atoms with Gasteiger partial charge in [0.15, 0.2) is 0 Å². The fourth-order valence-corrected chi connectivity index (χ4v) is 1.29. The lowest BCUT2D eigenvalue weighted by Crippen LogP contribution is -2.06. The van der Waals surface area contributed by atoms with Gasteiger partial charge < -0.3 is 5.11 Å². The highest BCUT2D eigenvalue weighted by Gasteiger charge is 2.07. The van der Waals surface area contributed by atoms with Crippen LogP contribution in [0.5, 0.6) is 0 Å². The summed E-state index contributed by atoms with van der Waals surface area (Å²) in [5, 5.41) is 8.55. The number of carboxylic acid groups (broad SMARTS) is 1. The number of hydrogen-bond acceptors (Lipinski definition) is 2. The summed E-state index contributed by atoms with van der Waals surface area (Å²) in [5.74, 6) is -0.554. The first-order chi connectivity index (χ1) is 6.18. The van der Waals surface area contributed by atoms with Crippen LogP contribution in [0.3, 0.4) is 0 Å². The lowest BCUT2D eigenvalue weighted by molar-refractivity contribution is -0.137. The van der Waals surface area contributed by atoms with Crippen LogP contribution in [0.4, 0.5) is 0 Å². The second kappa shape index (κ2) is 4.60. The smallest absolute Gasteiger partial charge is 0.303 e. The van der Waals surface area contributed by atoms with Gasteiger partial charge in [-0.3, -0.25) is 9.78 Å². The van der Waals surface area contributed by atoms with Crippen molar-refractivity contribution in [3.8, 4) is 0 Å². The Labute approximate surface area is 77.4 Å². The molecule has 0 bridgehead atoms. The number of rotatable bonds is 4. The van der Waals surface area contributed by atoms with Crippen LogP contribution in [0, 0.1) is 5.92 Å². The molecule has 13 heavy (non-hydrogen) atoms. The van der Waals surface area contributed by atoms with Gasteiger partial charge in [0.2, 0.25) is 0 Å². The Morgan fingerprint density at radius 3 is 2.69 bits per heavy atom. The molecule has 0 saturated heterocycles. The second-order valence-electron chi connectivity index (χ2n) is 3.26. The van der Waals surface area contributed by atoms with Gasteiger partial charge in [-0.1, -0.05) is 6.92 Å². The molecule has 0 radical (unpaired) electrons. The molecule has 1 rings (SSSR count). The van der Waals surface area contributed by atoms with E-state index in [9.17, 15) is 4.79 Å². The minimum absolute atomic E-state index is 0.180. The van der Waals surface area contributed by atoms with Crippen LogP contribution in [-0.4, -0.2) is 16.1 Å². The Balaban J connectivity index is 2.45. The summed E-state index contributed by atoms with van der Waals surface area (Å²) in [6.07, 6.45) is 4.47. The van der Waals surface area contributed by atoms with Gasteiger partial charge in [0.25, 0.3) is 0 Å². The van der Waals surface area contributed by atoms with Gasteiger partial charge in [0.1, 0.15) is 0 Å². The highest BCUT2D eigenvalue weighted by molar-refractivity contribution is 5.66. The van der Waals surface area contributed by atoms with Crippen LogP contribution in [0.2, 0.25) is 0 Å². The average molecular weight is 179 g/mol. The number of nitrogens with zero attached hydrogens (tertiary/aromatic N) is 1. The summed E-state index contributed by atoms with van der Waals surface area (Å²) in [5.41, 5.74) is 1.14. The van der Waals surface area contributed by atoms with Gasteiger partial charge in [-0.15, -0.1) is 0 Å². The largest absolute Gasteiger partial charge is 0.481 e. The molecule has 1 unspecified atom stereocenters. The molecule has 1 aromatic rings. The number of hydrogen-bond donors (Lipinski definition) is 1. The molecule has 0 aliphatic carbocycles. The standard InChI is InChI=1S/C10H13NO2/c1-8(7-10(12)13)6-9-2-4-11-5-3-9/h2-5,8H,6-7H2,1H3,(H,12,13). The van der Waals surface area contributed by atoms with E-state index in [2.05, 4.69) is 4.98 Å². The summed E-state index contributed by atoms with van der Waals surface area (Å²) in [6, 6.07) is 3.83. The quantitative estimate of drug-likeness (QED) is 0.765. The molecule has 1 heterocycles. The molecule has 3 nitrogen and oxygen atoms in total. The fraction of sp³-hybridized carbons (Fsp3) is 0.400. The van der Waals surface area contributed by atoms with Gasteiger partial charge in [-0.25, -0.2) is 0 Å². The molecule has 0 aliphatic rings. The van der Waals surface area contributed by atoms with Crippen molar-refractivity contribution in [2.24, 2.45) is 5.92 Å². The molecule has 1 aromatic heterocycles. The highest BCUT2D eigenvalue weighted by atomic mass is 16.4. The lowest BCUT2D eigenvalue weighted by atomic mass is 9.99. The maximum absolute atomic E-state index is 10.4. The molecule has 0 aromatic carbocycles. The van der Waals surface area contributed by atoms with Crippen molar-refractivity contribution in [3.05, 3.63) is 30.1 Å². The molecule has 0 saturated carbocycles. The number of pyridine rings is 1. The lowest BCUT2D eigenvalue weighted by Gasteiger charge is -2.07. The molecule has 1 atom stereocenters. The number of aliphatic carboxylic acids is 1. The number of aromatic nitrogens is 1. The molecule has 0 aliphatic heterocycles. The molecule has 1 N–H and O–H groups in total. The van der Waals surface area contributed by atoms with E-state index in [0.29, 0.717) is 0 Å². The topological polar surface area (TPSA) is 50.2 Å². The predicted molar refractivity (Wildman–Crippen MR) is 49.4 cm³/mol. The predicted octanol–water partition coefficient (Wildman–Crippen LogP) is 1.73. The first-order valence-electron chi connectivity index (χ1n) is 4.29. The van der Waals surface area contributed by atoms with E-state index in [1.807, 2.05) is 19.1 Å². The van der Waals surface area contributed by atoms with Gasteiger partial charge in [0.05, 0.1) is 0 Å². The van der Waals surface area contributed by atoms with Gasteiger partial charge >= 0.3 is 5.97 Å². The summed E-state index contributed by atoms with van der Waals surface area (Å²) in [7, 11) is 0. The Morgan fingerprint density at radius 1 is 1.54 bits per heavy atom. The highest BCUT2D eigenvalue weighted by Crippen LogP contribution is 2.10. The summed E-state index contributed by atoms with van der Waals surface area (Å²) >= 11 is 0. The molecule has 0 fully saturated rings. The zero-order chi connectivity index (χ0) is 9.68. The Hall–Kier alpha value is -1.38. The SMILES string of the molecule is CC(CC(=O)O)Cc1ccncc1. The van der Waals surface area contributed by atoms with E-state index < -0.39 is 5.97 Å². The first-order valence-corrected chi connectivity index (χ1v) is 4.29. The zero-order valence-electron chi connectivity index (χ0n) is 7.60. The van der Waals surface area contributed by atoms with Crippen LogP contribution in [0.1, 0.15) is 18.9 Å². The van der Waals surface area contributed by atoms with Crippen molar-refractivity contribution in [3.63, 3.8) is 0 Å². The Bertz CT molecular complexity index is 272. The summed E-state index contributed by atoms with van der Waals surface area (Å²) < 4.78 is 0. The van der Waals surface area contributed by atoms with Crippen molar-refractivity contribution in [1.82, 2.24) is 4.98 Å². The first kappa shape index (κ1) is 9.71. The van der Waals surface area contributed by atoms with E-state index in [-0.39, 0.29) is 12.3 Å². The summed E-state index contributed by atoms with van der Waals surface area (Å²) in [4.78, 5) is 14.3. The number of carbonyl (C=O) groups is 1. The molecular formula is C10H13NO2. The third kappa shape index (κ3) is 3.69. The average Bonchev–Trinajstić information content (AvgIpc) is 2.04. The minimum atomic E-state index is -0.735. The van der Waals surface area contributed by atoms with Crippen molar-refractivity contribution in [2.45, 2.75) is 19.8 Å². The maximum Gasteiger partial charge on any atom is 0.303 e. The van der Waals surface area contributed by atoms with E-state index in [4.69, 9.17) is 5.11 Å². The van der Waals surface area contributed by atoms with Crippen LogP contribution in [0.25, 0.3) is 0 Å². The van der Waals surface area contributed by atoms with E-state index in [1.165, 1.54) is 0 Å². The third-order valence-electron chi connectivity index (χ3n) is 1.86. The van der Waals surface area contributed by atoms with Crippen molar-refractivity contribution >= 4 is 5.97 Å². The van der Waals surface area contributed by atoms with Crippen molar-refractivity contribution in [1.29, 1.82) is 0 Å². The monoisotopic (exact) mass is 179 g/mol. The third-order valence-corrected chi connectivity index (χ3v) is 1.86. The normalized spacial score (nSPS) is 12.4. The van der Waals surface area contributed by atoms with Gasteiger partial charge in [-0.05, 0) is 30.0 Å². The molecule has 0 spiro atoms. The van der Waals surface area contributed by atoms with Gasteiger partial charge in [-0.2, -0.15) is 0 Å². The zero-order valence-corrected chi connectivity index (χ0v) is 7.60. The fourth-order valence-electron chi connectivity index (χ4n) is 1.29. The Morgan fingerprint density at radius 2 is 2.15 bits per heavy atom. The number of carboxylic acids is 1. The molecule has 3 heteroatoms. The van der Waals surface area contributed by atoms with Crippen molar-refractivity contribution < 1.29 is 9.90 Å². The van der Waals surface area contributed by atoms with Gasteiger partial charge in [0, 0.05) is 18.8 Å². The maximum atomic E-state index is 10.4. The van der Waals surface area contributed by atoms with Crippen LogP contribution >= 0.6 is 0 Å². The second-order valence-corrected chi connectivity index (χ2v) is 3.26. The van der Waals surface area contributed by atoms with E-state index in [1.54, 1.807) is 12.4 Å². The van der Waals surface area contributed by atoms with E-state index in [0.717, 1.165) is 12.0 Å². The molecule has 70 valence electrons. The van der Waals surface area contributed by atoms with E-state index >= 15 is 0 Å². The molecule has 0 amide bonds. The molecular weight excluding hydrogens is 166 g/mol. The van der Waals surface area contributed by atoms with Crippen LogP contribution < -0.4 is 0 Å². The Kier molecular flexibility index (Phi) is 3.43. The summed E-state index contributed by atoms with van der Waals surface area (Å²) in [6.45, 7) is 1.94. The minimum Gasteiger partial charge on any atom is -0.481 e. The van der Waals surface area contributed by atoms with Crippen LogP contribution in [-0.2, 0) is 11.2 Å².